The molecule has 0 amide bonds. The number of hydrogen-bond acceptors (Lipinski definition) is 4. The van der Waals surface area contributed by atoms with Gasteiger partial charge < -0.3 is 9.97 Å². The Morgan fingerprint density at radius 2 is 1.11 bits per heavy atom. The van der Waals surface area contributed by atoms with Crippen LogP contribution in [0.3, 0.4) is 0 Å². The molecule has 5 nitrogen and oxygen atoms in total. The van der Waals surface area contributed by atoms with E-state index in [1.807, 2.05) is 103 Å². The summed E-state index contributed by atoms with van der Waals surface area (Å²) in [5.41, 5.74) is 10.4. The number of aliphatic imine (C=N–C) groups is 1. The quantitative estimate of drug-likeness (QED) is 0.0958. The Kier molecular flexibility index (Phi) is 9.46. The van der Waals surface area contributed by atoms with Crippen LogP contribution in [0, 0.1) is 18.2 Å². The van der Waals surface area contributed by atoms with Gasteiger partial charge in [0, 0.05) is 53.7 Å². The van der Waals surface area contributed by atoms with Crippen LogP contribution in [0.15, 0.2) is 193 Å². The summed E-state index contributed by atoms with van der Waals surface area (Å²) in [4.78, 5) is 19.3. The first-order valence-corrected chi connectivity index (χ1v) is 21.1. The first-order valence-electron chi connectivity index (χ1n) is 25.1. The van der Waals surface area contributed by atoms with E-state index in [1.165, 1.54) is 42.7 Å². The minimum atomic E-state index is -2.82. The van der Waals surface area contributed by atoms with Crippen molar-refractivity contribution in [3.63, 3.8) is 0 Å². The molecule has 0 N–H and O–H groups in total. The van der Waals surface area contributed by atoms with Crippen LogP contribution in [0.2, 0.25) is 0 Å². The zero-order valence-electron chi connectivity index (χ0n) is 43.0. The molecule has 1 unspecified atom stereocenters. The molecule has 65 heavy (non-hydrogen) atoms. The fourth-order valence-corrected chi connectivity index (χ4v) is 8.38. The number of aryl methyl sites for hydroxylation is 4. The Hall–Kier alpha value is -7.24. The zero-order valence-corrected chi connectivity index (χ0v) is 37.4. The molecule has 0 aliphatic carbocycles. The summed E-state index contributed by atoms with van der Waals surface area (Å²) >= 11 is 0. The van der Waals surface area contributed by atoms with Gasteiger partial charge in [-0.1, -0.05) is 97.1 Å². The van der Waals surface area contributed by atoms with Crippen molar-refractivity contribution in [1.29, 1.82) is 0 Å². The van der Waals surface area contributed by atoms with Gasteiger partial charge in [-0.05, 0) is 81.4 Å². The first kappa shape index (κ1) is 33.3. The van der Waals surface area contributed by atoms with Gasteiger partial charge >= 0.3 is 20.1 Å². The van der Waals surface area contributed by atoms with Crippen molar-refractivity contribution in [2.75, 3.05) is 0 Å². The van der Waals surface area contributed by atoms with Crippen LogP contribution in [-0.4, -0.2) is 31.0 Å². The molecular formula is C59H43IrN5+. The molecule has 6 heteroatoms. The van der Waals surface area contributed by atoms with Gasteiger partial charge in [0.15, 0.2) is 5.69 Å². The molecule has 312 valence electrons. The van der Waals surface area contributed by atoms with E-state index < -0.39 is 25.5 Å². The molecule has 6 aromatic carbocycles. The maximum atomic E-state index is 9.66. The largest absolute Gasteiger partial charge is 3.00 e. The molecule has 11 rings (SSSR count). The Morgan fingerprint density at radius 1 is 0.523 bits per heavy atom. The van der Waals surface area contributed by atoms with Gasteiger partial charge in [-0.25, -0.2) is 4.99 Å². The Balaban J connectivity index is 0.00000611. The molecule has 0 bridgehead atoms. The standard InChI is InChI=1S/C59H43N5.Ir/c1-40-57(47-19-9-4-10-20-47)63-59-53-24-14-13-23-52(53)58-56(64(40)59)36-49(39-62-58)51-22-12-11-21-50(51)48-34-43(27-25-41-29-31-54(60-37-41)45-15-5-2-6-16-45)33-44(35-48)28-26-42-30-32-55(61-38-42)46-17-7-3-8-18-46;/h2-15,17,19-22,24,29-39,59H,25-28H2,1H3;/q-2;+3/i25D2,26D2,27D2,28D2;. The third kappa shape index (κ3) is 8.47. The van der Waals surface area contributed by atoms with Gasteiger partial charge in [-0.3, -0.25) is 4.98 Å². The zero-order chi connectivity index (χ0) is 50.0. The molecule has 2 aliphatic rings. The van der Waals surface area contributed by atoms with Crippen LogP contribution >= 0.6 is 0 Å². The Bertz CT molecular complexity index is 3470. The summed E-state index contributed by atoms with van der Waals surface area (Å²) in [6.45, 7) is 2.05. The van der Waals surface area contributed by atoms with Gasteiger partial charge in [-0.15, -0.1) is 102 Å². The van der Waals surface area contributed by atoms with E-state index in [0.29, 0.717) is 44.8 Å². The van der Waals surface area contributed by atoms with Crippen LogP contribution < -0.4 is 0 Å². The molecule has 1 atom stereocenters. The SMILES string of the molecule is [2H]C([2H])(c1ccc(-c2[c-]cccc2)nc1)C([2H])([2H])c1cc(-c2ccccc2-c2cnc3c(c2)[N+]2=C(C)C(c4ccccc4)=NC2c2ccc[c-]c2-3)cc(C([2H])([2H])C([2H])([2H])c2ccc(-c3[c-]cccc3)nc2)c1.[Ir+3]. The van der Waals surface area contributed by atoms with E-state index in [1.54, 1.807) is 30.5 Å². The number of hydrogen-bond donors (Lipinski definition) is 0. The molecule has 5 heterocycles. The monoisotopic (exact) mass is 1020 g/mol. The number of pyridine rings is 3. The predicted molar refractivity (Wildman–Crippen MR) is 258 cm³/mol. The van der Waals surface area contributed by atoms with Crippen molar-refractivity contribution in [2.24, 2.45) is 4.99 Å². The van der Waals surface area contributed by atoms with Gasteiger partial charge in [0.2, 0.25) is 11.9 Å². The molecule has 0 saturated carbocycles. The summed E-state index contributed by atoms with van der Waals surface area (Å²) in [5.74, 6) is 0. The summed E-state index contributed by atoms with van der Waals surface area (Å²) in [6, 6.07) is 60.2. The van der Waals surface area contributed by atoms with Crippen molar-refractivity contribution < 1.29 is 35.6 Å². The summed E-state index contributed by atoms with van der Waals surface area (Å²) in [6.07, 6.45) is -7.04. The second-order valence-electron chi connectivity index (χ2n) is 15.5. The number of rotatable bonds is 11. The molecule has 3 aromatic heterocycles. The maximum Gasteiger partial charge on any atom is 3.00 e. The molecular weight excluding hydrogens is 971 g/mol. The fourth-order valence-electron chi connectivity index (χ4n) is 8.38. The van der Waals surface area contributed by atoms with Crippen LogP contribution in [-0.2, 0) is 45.6 Å². The fraction of sp³-hybridized carbons (Fsp3) is 0.102. The van der Waals surface area contributed by atoms with Crippen LogP contribution in [0.25, 0.3) is 56.0 Å². The molecule has 0 fully saturated rings. The smallest absolute Gasteiger partial charge is 0.304 e. The second-order valence-corrected chi connectivity index (χ2v) is 15.5. The molecule has 0 spiro atoms. The van der Waals surface area contributed by atoms with Crippen molar-refractivity contribution >= 4 is 17.1 Å². The molecule has 2 aliphatic heterocycles. The van der Waals surface area contributed by atoms with Crippen molar-refractivity contribution in [1.82, 2.24) is 15.0 Å². The van der Waals surface area contributed by atoms with Crippen LogP contribution in [0.4, 0.5) is 5.69 Å². The normalized spacial score (nSPS) is 16.3. The van der Waals surface area contributed by atoms with Gasteiger partial charge in [-0.2, -0.15) is 4.58 Å². The third-order valence-electron chi connectivity index (χ3n) is 11.5. The topological polar surface area (TPSA) is 54.0 Å². The molecule has 0 saturated heterocycles. The van der Waals surface area contributed by atoms with Gasteiger partial charge in [0.1, 0.15) is 5.71 Å². The average Bonchev–Trinajstić information content (AvgIpc) is 3.78. The average molecular weight is 1020 g/mol. The van der Waals surface area contributed by atoms with E-state index >= 15 is 0 Å². The Labute approximate surface area is 405 Å². The number of nitrogens with zero attached hydrogens (tertiary/aromatic N) is 5. The number of benzene rings is 6. The number of aromatic nitrogens is 3. The van der Waals surface area contributed by atoms with Crippen molar-refractivity contribution in [2.45, 2.75) is 38.6 Å². The third-order valence-corrected chi connectivity index (χ3v) is 11.5. The summed E-state index contributed by atoms with van der Waals surface area (Å²) in [5, 5.41) is 0. The van der Waals surface area contributed by atoms with E-state index in [9.17, 15) is 11.0 Å². The minimum Gasteiger partial charge on any atom is -0.304 e. The molecule has 0 radical (unpaired) electrons. The van der Waals surface area contributed by atoms with Crippen LogP contribution in [0.5, 0.6) is 0 Å². The Morgan fingerprint density at radius 3 is 1.71 bits per heavy atom. The minimum absolute atomic E-state index is 0. The maximum absolute atomic E-state index is 9.66. The summed E-state index contributed by atoms with van der Waals surface area (Å²) in [7, 11) is 0. The van der Waals surface area contributed by atoms with Gasteiger partial charge in [0.25, 0.3) is 0 Å². The first-order chi connectivity index (χ1) is 34.6. The van der Waals surface area contributed by atoms with Crippen molar-refractivity contribution in [3.05, 3.63) is 240 Å². The van der Waals surface area contributed by atoms with E-state index in [4.69, 9.17) is 9.98 Å². The van der Waals surface area contributed by atoms with E-state index in [-0.39, 0.29) is 48.5 Å². The number of fused-ring (bicyclic) bond motifs is 6. The van der Waals surface area contributed by atoms with E-state index in [0.717, 1.165) is 39.5 Å². The predicted octanol–water partition coefficient (Wildman–Crippen LogP) is 12.8. The van der Waals surface area contributed by atoms with Crippen molar-refractivity contribution in [3.8, 4) is 56.0 Å². The van der Waals surface area contributed by atoms with Crippen LogP contribution in [0.1, 0.15) is 57.4 Å². The molecule has 9 aromatic rings. The van der Waals surface area contributed by atoms with Gasteiger partial charge in [0.05, 0.1) is 5.69 Å². The summed E-state index contributed by atoms with van der Waals surface area (Å²) < 4.78 is 78.5. The second kappa shape index (κ2) is 18.5. The van der Waals surface area contributed by atoms with E-state index in [2.05, 4.69) is 51.8 Å².